The van der Waals surface area contributed by atoms with E-state index in [-0.39, 0.29) is 12.5 Å². The fourth-order valence-corrected chi connectivity index (χ4v) is 2.84. The summed E-state index contributed by atoms with van der Waals surface area (Å²) in [6.07, 6.45) is 4.41. The van der Waals surface area contributed by atoms with Crippen molar-refractivity contribution in [3.63, 3.8) is 0 Å². The van der Waals surface area contributed by atoms with Gasteiger partial charge in [0, 0.05) is 33.4 Å². The van der Waals surface area contributed by atoms with Gasteiger partial charge in [0.25, 0.3) is 5.91 Å². The SMILES string of the molecule is CN(C)c1cnn(C2CCN(C(=O)[C@@H]3CNC(=O)O3)CC2)c1. The van der Waals surface area contributed by atoms with Gasteiger partial charge in [0.05, 0.1) is 24.5 Å². The topological polar surface area (TPSA) is 79.7 Å². The zero-order valence-electron chi connectivity index (χ0n) is 12.9. The monoisotopic (exact) mass is 307 g/mol. The first-order valence-corrected chi connectivity index (χ1v) is 7.49. The maximum absolute atomic E-state index is 12.3. The lowest BCUT2D eigenvalue weighted by molar-refractivity contribution is -0.139. The third-order valence-corrected chi connectivity index (χ3v) is 4.21. The van der Waals surface area contributed by atoms with Crippen LogP contribution >= 0.6 is 0 Å². The van der Waals surface area contributed by atoms with Crippen LogP contribution in [0, 0.1) is 0 Å². The molecule has 0 saturated carbocycles. The predicted molar refractivity (Wildman–Crippen MR) is 79.7 cm³/mol. The molecule has 0 spiro atoms. The van der Waals surface area contributed by atoms with E-state index in [1.54, 1.807) is 4.90 Å². The van der Waals surface area contributed by atoms with Gasteiger partial charge in [0.2, 0.25) is 0 Å². The fourth-order valence-electron chi connectivity index (χ4n) is 2.84. The molecule has 1 atom stereocenters. The molecule has 0 radical (unpaired) electrons. The van der Waals surface area contributed by atoms with Crippen LogP contribution in [0.2, 0.25) is 0 Å². The Hall–Kier alpha value is -2.25. The highest BCUT2D eigenvalue weighted by atomic mass is 16.6. The van der Waals surface area contributed by atoms with Gasteiger partial charge < -0.3 is 19.9 Å². The number of nitrogens with zero attached hydrogens (tertiary/aromatic N) is 4. The minimum atomic E-state index is -0.672. The van der Waals surface area contributed by atoms with Crippen LogP contribution < -0.4 is 10.2 Å². The summed E-state index contributed by atoms with van der Waals surface area (Å²) in [7, 11) is 3.97. The molecule has 1 N–H and O–H groups in total. The lowest BCUT2D eigenvalue weighted by Crippen LogP contribution is -2.45. The molecule has 2 aliphatic heterocycles. The molecule has 0 unspecified atom stereocenters. The number of amides is 2. The van der Waals surface area contributed by atoms with Crippen LogP contribution in [0.3, 0.4) is 0 Å². The van der Waals surface area contributed by atoms with Crippen LogP contribution in [-0.4, -0.2) is 66.5 Å². The predicted octanol–water partition coefficient (Wildman–Crippen LogP) is 0.221. The van der Waals surface area contributed by atoms with E-state index in [4.69, 9.17) is 4.74 Å². The molecule has 1 aromatic rings. The second-order valence-electron chi connectivity index (χ2n) is 5.90. The van der Waals surface area contributed by atoms with Gasteiger partial charge >= 0.3 is 6.09 Å². The number of ether oxygens (including phenoxy) is 1. The Kier molecular flexibility index (Phi) is 3.91. The van der Waals surface area contributed by atoms with Crippen molar-refractivity contribution in [1.29, 1.82) is 0 Å². The number of rotatable bonds is 3. The first-order chi connectivity index (χ1) is 10.5. The van der Waals surface area contributed by atoms with E-state index in [0.717, 1.165) is 18.5 Å². The highest BCUT2D eigenvalue weighted by Gasteiger charge is 2.34. The normalized spacial score (nSPS) is 22.4. The summed E-state index contributed by atoms with van der Waals surface area (Å²) in [5.74, 6) is -0.105. The number of likely N-dealkylation sites (tertiary alicyclic amines) is 1. The van der Waals surface area contributed by atoms with Gasteiger partial charge in [-0.05, 0) is 12.8 Å². The van der Waals surface area contributed by atoms with E-state index < -0.39 is 12.2 Å². The molecule has 2 saturated heterocycles. The molecule has 0 aromatic carbocycles. The van der Waals surface area contributed by atoms with Gasteiger partial charge in [-0.1, -0.05) is 0 Å². The average molecular weight is 307 g/mol. The molecule has 8 heteroatoms. The summed E-state index contributed by atoms with van der Waals surface area (Å²) in [5, 5.41) is 6.92. The second kappa shape index (κ2) is 5.86. The molecule has 2 aliphatic rings. The molecule has 1 aromatic heterocycles. The molecular weight excluding hydrogens is 286 g/mol. The quantitative estimate of drug-likeness (QED) is 0.864. The third kappa shape index (κ3) is 2.86. The van der Waals surface area contributed by atoms with E-state index in [9.17, 15) is 9.59 Å². The minimum Gasteiger partial charge on any atom is -0.434 e. The zero-order chi connectivity index (χ0) is 15.7. The van der Waals surface area contributed by atoms with Crippen LogP contribution in [0.1, 0.15) is 18.9 Å². The van der Waals surface area contributed by atoms with Crippen molar-refractivity contribution in [2.24, 2.45) is 0 Å². The number of hydrogen-bond acceptors (Lipinski definition) is 5. The number of cyclic esters (lactones) is 1. The number of nitrogens with one attached hydrogen (secondary N) is 1. The van der Waals surface area contributed by atoms with Crippen LogP contribution in [0.5, 0.6) is 0 Å². The third-order valence-electron chi connectivity index (χ3n) is 4.21. The van der Waals surface area contributed by atoms with Gasteiger partial charge in [-0.15, -0.1) is 0 Å². The number of hydrogen-bond donors (Lipinski definition) is 1. The lowest BCUT2D eigenvalue weighted by atomic mass is 10.0. The number of carbonyl (C=O) groups is 2. The van der Waals surface area contributed by atoms with Crippen molar-refractivity contribution in [3.8, 4) is 0 Å². The molecule has 0 aliphatic carbocycles. The summed E-state index contributed by atoms with van der Waals surface area (Å²) < 4.78 is 6.93. The van der Waals surface area contributed by atoms with Gasteiger partial charge in [0.1, 0.15) is 0 Å². The summed E-state index contributed by atoms with van der Waals surface area (Å²) in [6.45, 7) is 1.59. The smallest absolute Gasteiger partial charge is 0.408 e. The minimum absolute atomic E-state index is 0.105. The Morgan fingerprint density at radius 2 is 2.14 bits per heavy atom. The maximum Gasteiger partial charge on any atom is 0.408 e. The van der Waals surface area contributed by atoms with Crippen molar-refractivity contribution in [2.75, 3.05) is 38.6 Å². The molecule has 8 nitrogen and oxygen atoms in total. The van der Waals surface area contributed by atoms with Crippen molar-refractivity contribution in [2.45, 2.75) is 25.0 Å². The number of piperidine rings is 1. The van der Waals surface area contributed by atoms with Gasteiger partial charge in [0.15, 0.2) is 6.10 Å². The average Bonchev–Trinajstić information content (AvgIpc) is 3.16. The first kappa shape index (κ1) is 14.7. The number of anilines is 1. The van der Waals surface area contributed by atoms with Crippen molar-refractivity contribution in [3.05, 3.63) is 12.4 Å². The van der Waals surface area contributed by atoms with E-state index in [2.05, 4.69) is 10.4 Å². The Labute approximate surface area is 129 Å². The van der Waals surface area contributed by atoms with Crippen LogP contribution in [0.25, 0.3) is 0 Å². The van der Waals surface area contributed by atoms with E-state index >= 15 is 0 Å². The molecule has 3 rings (SSSR count). The molecule has 2 amide bonds. The Morgan fingerprint density at radius 3 is 2.68 bits per heavy atom. The summed E-state index contributed by atoms with van der Waals surface area (Å²) in [4.78, 5) is 27.1. The second-order valence-corrected chi connectivity index (χ2v) is 5.90. The Balaban J connectivity index is 1.55. The lowest BCUT2D eigenvalue weighted by Gasteiger charge is -2.33. The number of carbonyl (C=O) groups excluding carboxylic acids is 2. The Bertz CT molecular complexity index is 563. The zero-order valence-corrected chi connectivity index (χ0v) is 12.9. The highest BCUT2D eigenvalue weighted by Crippen LogP contribution is 2.24. The molecule has 22 heavy (non-hydrogen) atoms. The van der Waals surface area contributed by atoms with E-state index in [1.165, 1.54) is 0 Å². The van der Waals surface area contributed by atoms with Crippen molar-refractivity contribution >= 4 is 17.7 Å². The molecule has 2 fully saturated rings. The molecular formula is C14H21N5O3. The highest BCUT2D eigenvalue weighted by molar-refractivity contribution is 5.86. The largest absolute Gasteiger partial charge is 0.434 e. The summed E-state index contributed by atoms with van der Waals surface area (Å²) in [5.41, 5.74) is 1.07. The van der Waals surface area contributed by atoms with Crippen molar-refractivity contribution in [1.82, 2.24) is 20.0 Å². The summed E-state index contributed by atoms with van der Waals surface area (Å²) in [6, 6.07) is 0.307. The summed E-state index contributed by atoms with van der Waals surface area (Å²) >= 11 is 0. The van der Waals surface area contributed by atoms with Gasteiger partial charge in [-0.25, -0.2) is 4.79 Å². The van der Waals surface area contributed by atoms with Gasteiger partial charge in [-0.3, -0.25) is 9.48 Å². The van der Waals surface area contributed by atoms with Crippen LogP contribution in [0.15, 0.2) is 12.4 Å². The van der Waals surface area contributed by atoms with Crippen molar-refractivity contribution < 1.29 is 14.3 Å². The maximum atomic E-state index is 12.3. The van der Waals surface area contributed by atoms with Crippen LogP contribution in [0.4, 0.5) is 10.5 Å². The molecule has 120 valence electrons. The molecule has 3 heterocycles. The number of alkyl carbamates (subject to hydrolysis) is 1. The standard InChI is InChI=1S/C14H21N5O3/c1-17(2)11-7-16-19(9-11)10-3-5-18(6-4-10)13(20)12-8-15-14(21)22-12/h7,9-10,12H,3-6,8H2,1-2H3,(H,15,21)/t12-/m0/s1. The van der Waals surface area contributed by atoms with Gasteiger partial charge in [-0.2, -0.15) is 5.10 Å². The number of aromatic nitrogens is 2. The van der Waals surface area contributed by atoms with E-state index in [0.29, 0.717) is 19.1 Å². The fraction of sp³-hybridized carbons (Fsp3) is 0.643. The molecule has 0 bridgehead atoms. The Morgan fingerprint density at radius 1 is 1.41 bits per heavy atom. The van der Waals surface area contributed by atoms with E-state index in [1.807, 2.05) is 36.1 Å². The first-order valence-electron chi connectivity index (χ1n) is 7.49. The van der Waals surface area contributed by atoms with Crippen LogP contribution in [-0.2, 0) is 9.53 Å².